The average Bonchev–Trinajstić information content (AvgIpc) is 2.33. The minimum Gasteiger partial charge on any atom is -0.307 e. The van der Waals surface area contributed by atoms with E-state index in [4.69, 9.17) is 11.6 Å². The molecule has 0 spiro atoms. The first-order valence-corrected chi connectivity index (χ1v) is 5.28. The van der Waals surface area contributed by atoms with Gasteiger partial charge in [-0.05, 0) is 17.7 Å². The highest BCUT2D eigenvalue weighted by atomic mass is 35.5. The van der Waals surface area contributed by atoms with Crippen LogP contribution >= 0.6 is 11.6 Å². The highest BCUT2D eigenvalue weighted by Crippen LogP contribution is 2.12. The van der Waals surface area contributed by atoms with Crippen LogP contribution < -0.4 is 5.32 Å². The van der Waals surface area contributed by atoms with Crippen LogP contribution in [0, 0.1) is 0 Å². The first kappa shape index (κ1) is 11.0. The molecule has 5 heteroatoms. The minimum atomic E-state index is 0.678. The molecule has 0 radical (unpaired) electrons. The molecule has 82 valence electrons. The molecule has 16 heavy (non-hydrogen) atoms. The number of rotatable bonds is 4. The summed E-state index contributed by atoms with van der Waals surface area (Å²) in [5.41, 5.74) is 1.99. The third-order valence-corrected chi connectivity index (χ3v) is 2.46. The quantitative estimate of drug-likeness (QED) is 0.877. The number of nitrogens with one attached hydrogen (secondary N) is 1. The lowest BCUT2D eigenvalue weighted by atomic mass is 10.2. The number of nitrogens with zero attached hydrogens (tertiary/aromatic N) is 3. The lowest BCUT2D eigenvalue weighted by Gasteiger charge is -2.05. The van der Waals surface area contributed by atoms with Crippen LogP contribution in [-0.2, 0) is 13.1 Å². The van der Waals surface area contributed by atoms with Crippen molar-refractivity contribution < 1.29 is 0 Å². The zero-order chi connectivity index (χ0) is 11.2. The Hall–Kier alpha value is -1.52. The molecule has 0 saturated carbocycles. The van der Waals surface area contributed by atoms with Crippen molar-refractivity contribution in [3.8, 4) is 0 Å². The van der Waals surface area contributed by atoms with Gasteiger partial charge in [-0.1, -0.05) is 11.6 Å². The monoisotopic (exact) mass is 234 g/mol. The molecule has 0 fully saturated rings. The first-order chi connectivity index (χ1) is 7.86. The fraction of sp³-hybridized carbons (Fsp3) is 0.182. The van der Waals surface area contributed by atoms with Crippen LogP contribution in [0.5, 0.6) is 0 Å². The second-order valence-corrected chi connectivity index (χ2v) is 3.68. The molecule has 2 aromatic rings. The smallest absolute Gasteiger partial charge is 0.115 e. The number of aromatic nitrogens is 3. The molecule has 2 rings (SSSR count). The Bertz CT molecular complexity index is 447. The minimum absolute atomic E-state index is 0.678. The van der Waals surface area contributed by atoms with Crippen LogP contribution in [0.2, 0.25) is 5.02 Å². The molecule has 4 nitrogen and oxygen atoms in total. The highest BCUT2D eigenvalue weighted by Gasteiger charge is 1.99. The Labute approximate surface area is 98.7 Å². The molecular formula is C11H11ClN4. The fourth-order valence-electron chi connectivity index (χ4n) is 1.30. The van der Waals surface area contributed by atoms with Gasteiger partial charge in [-0.25, -0.2) is 9.97 Å². The summed E-state index contributed by atoms with van der Waals surface area (Å²) in [5, 5.41) is 3.93. The maximum absolute atomic E-state index is 5.98. The van der Waals surface area contributed by atoms with Gasteiger partial charge < -0.3 is 5.32 Å². The number of hydrogen-bond acceptors (Lipinski definition) is 4. The second-order valence-electron chi connectivity index (χ2n) is 3.27. The molecule has 0 amide bonds. The van der Waals surface area contributed by atoms with Gasteiger partial charge in [0.1, 0.15) is 6.33 Å². The molecule has 1 N–H and O–H groups in total. The Morgan fingerprint density at radius 3 is 2.75 bits per heavy atom. The van der Waals surface area contributed by atoms with E-state index in [-0.39, 0.29) is 0 Å². The van der Waals surface area contributed by atoms with Gasteiger partial charge in [0.2, 0.25) is 0 Å². The van der Waals surface area contributed by atoms with E-state index in [0.717, 1.165) is 11.3 Å². The third kappa shape index (κ3) is 2.98. The molecule has 0 atom stereocenters. The lowest BCUT2D eigenvalue weighted by Crippen LogP contribution is -2.14. The van der Waals surface area contributed by atoms with E-state index >= 15 is 0 Å². The van der Waals surface area contributed by atoms with Crippen molar-refractivity contribution >= 4 is 11.6 Å². The number of hydrogen-bond donors (Lipinski definition) is 1. The van der Waals surface area contributed by atoms with E-state index in [9.17, 15) is 0 Å². The van der Waals surface area contributed by atoms with Crippen LogP contribution in [0.25, 0.3) is 0 Å². The van der Waals surface area contributed by atoms with Crippen molar-refractivity contribution in [2.75, 3.05) is 0 Å². The molecule has 0 aliphatic rings. The van der Waals surface area contributed by atoms with Gasteiger partial charge in [0.15, 0.2) is 0 Å². The van der Waals surface area contributed by atoms with Gasteiger partial charge in [-0.15, -0.1) is 0 Å². The fourth-order valence-corrected chi connectivity index (χ4v) is 1.48. The first-order valence-electron chi connectivity index (χ1n) is 4.90. The van der Waals surface area contributed by atoms with Crippen molar-refractivity contribution in [2.24, 2.45) is 0 Å². The summed E-state index contributed by atoms with van der Waals surface area (Å²) < 4.78 is 0. The molecule has 0 aliphatic carbocycles. The zero-order valence-electron chi connectivity index (χ0n) is 8.60. The molecule has 0 unspecified atom stereocenters. The van der Waals surface area contributed by atoms with Crippen LogP contribution in [0.15, 0.2) is 37.1 Å². The summed E-state index contributed by atoms with van der Waals surface area (Å²) in [4.78, 5) is 11.9. The Balaban J connectivity index is 1.87. The molecular weight excluding hydrogens is 224 g/mol. The maximum atomic E-state index is 5.98. The summed E-state index contributed by atoms with van der Waals surface area (Å²) in [6.45, 7) is 1.40. The van der Waals surface area contributed by atoms with E-state index in [1.807, 2.05) is 12.1 Å². The Morgan fingerprint density at radius 2 is 2.00 bits per heavy atom. The molecule has 2 aromatic heterocycles. The van der Waals surface area contributed by atoms with Crippen molar-refractivity contribution in [1.29, 1.82) is 0 Å². The Kier molecular flexibility index (Phi) is 3.80. The van der Waals surface area contributed by atoms with E-state index in [0.29, 0.717) is 18.1 Å². The topological polar surface area (TPSA) is 50.7 Å². The average molecular weight is 235 g/mol. The lowest BCUT2D eigenvalue weighted by molar-refractivity contribution is 0.677. The molecule has 2 heterocycles. The predicted octanol–water partition coefficient (Wildman–Crippen LogP) is 1.81. The zero-order valence-corrected chi connectivity index (χ0v) is 9.35. The van der Waals surface area contributed by atoms with Gasteiger partial charge >= 0.3 is 0 Å². The highest BCUT2D eigenvalue weighted by molar-refractivity contribution is 6.31. The van der Waals surface area contributed by atoms with Gasteiger partial charge in [0.05, 0.1) is 10.7 Å². The normalized spacial score (nSPS) is 10.3. The molecule has 0 bridgehead atoms. The SMILES string of the molecule is Clc1cnccc1CNCc1ccncn1. The van der Waals surface area contributed by atoms with Crippen molar-refractivity contribution in [2.45, 2.75) is 13.1 Å². The number of pyridine rings is 1. The van der Waals surface area contributed by atoms with Crippen molar-refractivity contribution in [1.82, 2.24) is 20.3 Å². The number of halogens is 1. The predicted molar refractivity (Wildman–Crippen MR) is 61.8 cm³/mol. The van der Waals surface area contributed by atoms with E-state index < -0.39 is 0 Å². The van der Waals surface area contributed by atoms with Gasteiger partial charge in [0, 0.05) is 31.7 Å². The largest absolute Gasteiger partial charge is 0.307 e. The second kappa shape index (κ2) is 5.53. The third-order valence-electron chi connectivity index (χ3n) is 2.12. The van der Waals surface area contributed by atoms with Crippen LogP contribution in [0.4, 0.5) is 0 Å². The van der Waals surface area contributed by atoms with Crippen LogP contribution in [0.3, 0.4) is 0 Å². The summed E-state index contributed by atoms with van der Waals surface area (Å²) in [6, 6.07) is 3.77. The Morgan fingerprint density at radius 1 is 1.12 bits per heavy atom. The van der Waals surface area contributed by atoms with Gasteiger partial charge in [-0.3, -0.25) is 4.98 Å². The van der Waals surface area contributed by atoms with E-state index in [1.165, 1.54) is 6.33 Å². The van der Waals surface area contributed by atoms with Gasteiger partial charge in [-0.2, -0.15) is 0 Å². The summed E-state index contributed by atoms with van der Waals surface area (Å²) in [6.07, 6.45) is 6.64. The summed E-state index contributed by atoms with van der Waals surface area (Å²) >= 11 is 5.98. The van der Waals surface area contributed by atoms with Crippen molar-refractivity contribution in [3.05, 3.63) is 53.3 Å². The molecule has 0 aromatic carbocycles. The van der Waals surface area contributed by atoms with E-state index in [2.05, 4.69) is 20.3 Å². The van der Waals surface area contributed by atoms with Crippen molar-refractivity contribution in [3.63, 3.8) is 0 Å². The van der Waals surface area contributed by atoms with E-state index in [1.54, 1.807) is 18.6 Å². The van der Waals surface area contributed by atoms with Gasteiger partial charge in [0.25, 0.3) is 0 Å². The summed E-state index contributed by atoms with van der Waals surface area (Å²) in [5.74, 6) is 0. The standard InChI is InChI=1S/C11H11ClN4/c12-11-7-13-3-1-9(11)5-15-6-10-2-4-14-8-16-10/h1-4,7-8,15H,5-6H2. The molecule has 0 saturated heterocycles. The van der Waals surface area contributed by atoms with Crippen LogP contribution in [-0.4, -0.2) is 15.0 Å². The maximum Gasteiger partial charge on any atom is 0.115 e. The summed E-state index contributed by atoms with van der Waals surface area (Å²) in [7, 11) is 0. The molecule has 0 aliphatic heterocycles. The van der Waals surface area contributed by atoms with Crippen LogP contribution in [0.1, 0.15) is 11.3 Å².